The Hall–Kier alpha value is -1.03. The van der Waals surface area contributed by atoms with E-state index >= 15 is 0 Å². The van der Waals surface area contributed by atoms with Crippen LogP contribution in [0.2, 0.25) is 0 Å². The molecule has 1 atom stereocenters. The Morgan fingerprint density at radius 3 is 2.80 bits per heavy atom. The van der Waals surface area contributed by atoms with Crippen LogP contribution < -0.4 is 5.32 Å². The third-order valence-electron chi connectivity index (χ3n) is 2.12. The van der Waals surface area contributed by atoms with Crippen LogP contribution in [0.5, 0.6) is 0 Å². The molecule has 0 spiro atoms. The molecule has 0 saturated heterocycles. The largest absolute Gasteiger partial charge is 0.467 e. The van der Waals surface area contributed by atoms with Crippen LogP contribution in [0.3, 0.4) is 0 Å². The Labute approximate surface area is 97.9 Å². The van der Waals surface area contributed by atoms with Gasteiger partial charge < -0.3 is 10.1 Å². The maximum atomic E-state index is 11.2. The van der Waals surface area contributed by atoms with E-state index in [2.05, 4.69) is 26.0 Å². The van der Waals surface area contributed by atoms with Crippen LogP contribution in [0, 0.1) is 6.92 Å². The average molecular weight is 272 g/mol. The lowest BCUT2D eigenvalue weighted by molar-refractivity contribution is -0.141. The lowest BCUT2D eigenvalue weighted by Crippen LogP contribution is -2.27. The first-order chi connectivity index (χ1) is 7.06. The van der Waals surface area contributed by atoms with Gasteiger partial charge in [0.25, 0.3) is 0 Å². The van der Waals surface area contributed by atoms with Gasteiger partial charge in [-0.1, -0.05) is 12.1 Å². The molecule has 0 amide bonds. The van der Waals surface area contributed by atoms with Crippen LogP contribution in [-0.2, 0) is 9.53 Å². The molecule has 0 radical (unpaired) electrons. The number of aryl methyl sites for hydroxylation is 1. The highest BCUT2D eigenvalue weighted by Crippen LogP contribution is 2.26. The van der Waals surface area contributed by atoms with E-state index in [1.165, 1.54) is 7.11 Å². The monoisotopic (exact) mass is 271 g/mol. The molecule has 1 aromatic carbocycles. The summed E-state index contributed by atoms with van der Waals surface area (Å²) < 4.78 is 5.61. The standard InChI is InChI=1S/C11H14BrNO2/c1-7-5-4-6-9(10(7)12)13-8(2)11(14)15-3/h4-6,8,13H,1-3H3. The summed E-state index contributed by atoms with van der Waals surface area (Å²) in [6.45, 7) is 3.76. The van der Waals surface area contributed by atoms with Crippen LogP contribution in [0.15, 0.2) is 22.7 Å². The van der Waals surface area contributed by atoms with Gasteiger partial charge in [0.15, 0.2) is 0 Å². The predicted molar refractivity (Wildman–Crippen MR) is 64.0 cm³/mol. The van der Waals surface area contributed by atoms with E-state index in [9.17, 15) is 4.79 Å². The van der Waals surface area contributed by atoms with Crippen LogP contribution in [0.4, 0.5) is 5.69 Å². The summed E-state index contributed by atoms with van der Waals surface area (Å²) in [4.78, 5) is 11.2. The second kappa shape index (κ2) is 5.16. The first kappa shape index (κ1) is 12.0. The summed E-state index contributed by atoms with van der Waals surface area (Å²) in [6, 6.07) is 5.49. The van der Waals surface area contributed by atoms with Crippen molar-refractivity contribution in [1.29, 1.82) is 0 Å². The number of carbonyl (C=O) groups excluding carboxylic acids is 1. The third-order valence-corrected chi connectivity index (χ3v) is 3.17. The van der Waals surface area contributed by atoms with E-state index in [1.807, 2.05) is 25.1 Å². The summed E-state index contributed by atoms with van der Waals surface area (Å²) in [5.41, 5.74) is 2.02. The van der Waals surface area contributed by atoms with Crippen LogP contribution >= 0.6 is 15.9 Å². The Morgan fingerprint density at radius 2 is 2.20 bits per heavy atom. The van der Waals surface area contributed by atoms with E-state index in [0.717, 1.165) is 15.7 Å². The highest BCUT2D eigenvalue weighted by atomic mass is 79.9. The number of halogens is 1. The number of rotatable bonds is 3. The molecule has 0 heterocycles. The molecular formula is C11H14BrNO2. The molecule has 0 aromatic heterocycles. The van der Waals surface area contributed by atoms with Gasteiger partial charge in [-0.15, -0.1) is 0 Å². The Kier molecular flexibility index (Phi) is 4.15. The summed E-state index contributed by atoms with van der Waals surface area (Å²) in [5.74, 6) is -0.275. The molecule has 1 rings (SSSR count). The summed E-state index contributed by atoms with van der Waals surface area (Å²) in [5, 5.41) is 3.08. The molecular weight excluding hydrogens is 258 g/mol. The maximum Gasteiger partial charge on any atom is 0.327 e. The fourth-order valence-electron chi connectivity index (χ4n) is 1.23. The molecule has 0 aliphatic rings. The van der Waals surface area contributed by atoms with Gasteiger partial charge in [-0.25, -0.2) is 4.79 Å². The molecule has 1 aromatic rings. The minimum atomic E-state index is -0.354. The highest BCUT2D eigenvalue weighted by molar-refractivity contribution is 9.10. The molecule has 0 saturated carbocycles. The van der Waals surface area contributed by atoms with Crippen molar-refractivity contribution in [2.45, 2.75) is 19.9 Å². The maximum absolute atomic E-state index is 11.2. The molecule has 0 aliphatic carbocycles. The van der Waals surface area contributed by atoms with Gasteiger partial charge in [0.2, 0.25) is 0 Å². The lowest BCUT2D eigenvalue weighted by Gasteiger charge is -2.15. The second-order valence-electron chi connectivity index (χ2n) is 3.33. The number of hydrogen-bond donors (Lipinski definition) is 1. The van der Waals surface area contributed by atoms with Gasteiger partial charge in [0.1, 0.15) is 6.04 Å². The molecule has 1 unspecified atom stereocenters. The normalized spacial score (nSPS) is 12.0. The Bertz CT molecular complexity index is 366. The van der Waals surface area contributed by atoms with Crippen molar-refractivity contribution in [2.24, 2.45) is 0 Å². The summed E-state index contributed by atoms with van der Waals surface area (Å²) in [6.07, 6.45) is 0. The number of benzene rings is 1. The lowest BCUT2D eigenvalue weighted by atomic mass is 10.2. The number of nitrogens with one attached hydrogen (secondary N) is 1. The molecule has 82 valence electrons. The number of anilines is 1. The van der Waals surface area contributed by atoms with E-state index in [4.69, 9.17) is 0 Å². The van der Waals surface area contributed by atoms with Gasteiger partial charge in [0, 0.05) is 10.2 Å². The van der Waals surface area contributed by atoms with Gasteiger partial charge >= 0.3 is 5.97 Å². The Morgan fingerprint density at radius 1 is 1.53 bits per heavy atom. The summed E-state index contributed by atoms with van der Waals surface area (Å²) >= 11 is 3.47. The molecule has 1 N–H and O–H groups in total. The summed E-state index contributed by atoms with van der Waals surface area (Å²) in [7, 11) is 1.38. The molecule has 0 fully saturated rings. The molecule has 4 heteroatoms. The third kappa shape index (κ3) is 2.96. The number of hydrogen-bond acceptors (Lipinski definition) is 3. The quantitative estimate of drug-likeness (QED) is 0.860. The molecule has 15 heavy (non-hydrogen) atoms. The van der Waals surface area contributed by atoms with Gasteiger partial charge in [-0.05, 0) is 41.4 Å². The first-order valence-corrected chi connectivity index (χ1v) is 5.45. The van der Waals surface area contributed by atoms with Crippen molar-refractivity contribution >= 4 is 27.6 Å². The number of carbonyl (C=O) groups is 1. The minimum Gasteiger partial charge on any atom is -0.467 e. The van der Waals surface area contributed by atoms with Gasteiger partial charge in [0.05, 0.1) is 7.11 Å². The fraction of sp³-hybridized carbons (Fsp3) is 0.364. The van der Waals surface area contributed by atoms with Crippen molar-refractivity contribution < 1.29 is 9.53 Å². The predicted octanol–water partition coefficient (Wildman–Crippen LogP) is 2.73. The molecule has 0 aliphatic heterocycles. The SMILES string of the molecule is COC(=O)C(C)Nc1cccc(C)c1Br. The van der Waals surface area contributed by atoms with Crippen LogP contribution in [0.1, 0.15) is 12.5 Å². The van der Waals surface area contributed by atoms with Crippen LogP contribution in [-0.4, -0.2) is 19.1 Å². The van der Waals surface area contributed by atoms with Crippen LogP contribution in [0.25, 0.3) is 0 Å². The topological polar surface area (TPSA) is 38.3 Å². The first-order valence-electron chi connectivity index (χ1n) is 4.65. The van der Waals surface area contributed by atoms with E-state index < -0.39 is 0 Å². The van der Waals surface area contributed by atoms with Crippen molar-refractivity contribution in [3.05, 3.63) is 28.2 Å². The smallest absolute Gasteiger partial charge is 0.327 e. The van der Waals surface area contributed by atoms with Crippen molar-refractivity contribution in [3.63, 3.8) is 0 Å². The zero-order valence-corrected chi connectivity index (χ0v) is 10.6. The van der Waals surface area contributed by atoms with Crippen molar-refractivity contribution in [2.75, 3.05) is 12.4 Å². The van der Waals surface area contributed by atoms with Crippen molar-refractivity contribution in [3.8, 4) is 0 Å². The van der Waals surface area contributed by atoms with Crippen molar-refractivity contribution in [1.82, 2.24) is 0 Å². The number of ether oxygens (including phenoxy) is 1. The van der Waals surface area contributed by atoms with E-state index in [1.54, 1.807) is 6.92 Å². The Balaban J connectivity index is 2.81. The van der Waals surface area contributed by atoms with Gasteiger partial charge in [-0.2, -0.15) is 0 Å². The van der Waals surface area contributed by atoms with Gasteiger partial charge in [-0.3, -0.25) is 0 Å². The zero-order chi connectivity index (χ0) is 11.4. The zero-order valence-electron chi connectivity index (χ0n) is 9.00. The highest BCUT2D eigenvalue weighted by Gasteiger charge is 2.13. The minimum absolute atomic E-state index is 0.275. The second-order valence-corrected chi connectivity index (χ2v) is 4.12. The molecule has 0 bridgehead atoms. The number of methoxy groups -OCH3 is 1. The number of esters is 1. The molecule has 3 nitrogen and oxygen atoms in total. The van der Waals surface area contributed by atoms with E-state index in [-0.39, 0.29) is 12.0 Å². The van der Waals surface area contributed by atoms with E-state index in [0.29, 0.717) is 0 Å². The fourth-order valence-corrected chi connectivity index (χ4v) is 1.61. The average Bonchev–Trinajstić information content (AvgIpc) is 2.23.